The molecular weight excluding hydrogens is 304 g/mol. The minimum absolute atomic E-state index is 0.0895. The number of rotatable bonds is 4. The van der Waals surface area contributed by atoms with E-state index in [1.54, 1.807) is 0 Å². The van der Waals surface area contributed by atoms with Crippen molar-refractivity contribution in [2.24, 2.45) is 0 Å². The van der Waals surface area contributed by atoms with Crippen molar-refractivity contribution in [3.63, 3.8) is 0 Å². The molecule has 102 valence electrons. The maximum absolute atomic E-state index is 5.98. The molecule has 0 amide bonds. The largest absolute Gasteiger partial charge is 0.466 e. The zero-order valence-corrected chi connectivity index (χ0v) is 13.0. The third-order valence-electron chi connectivity index (χ3n) is 3.14. The highest BCUT2D eigenvalue weighted by molar-refractivity contribution is 9.10. The van der Waals surface area contributed by atoms with Crippen LogP contribution >= 0.6 is 15.9 Å². The van der Waals surface area contributed by atoms with Crippen molar-refractivity contribution in [1.29, 1.82) is 0 Å². The van der Waals surface area contributed by atoms with Crippen molar-refractivity contribution >= 4 is 27.3 Å². The fourth-order valence-electron chi connectivity index (χ4n) is 1.90. The molecule has 0 spiro atoms. The van der Waals surface area contributed by atoms with Crippen LogP contribution in [0.2, 0.25) is 0 Å². The summed E-state index contributed by atoms with van der Waals surface area (Å²) in [5.74, 6) is 1.92. The van der Waals surface area contributed by atoms with Crippen LogP contribution in [0.3, 0.4) is 0 Å². The first kappa shape index (κ1) is 14.0. The van der Waals surface area contributed by atoms with Crippen molar-refractivity contribution in [2.45, 2.75) is 26.2 Å². The Kier molecular flexibility index (Phi) is 3.90. The minimum atomic E-state index is -0.0895. The molecule has 0 saturated carbocycles. The van der Waals surface area contributed by atoms with Gasteiger partial charge in [0.1, 0.15) is 11.5 Å². The topological polar surface area (TPSA) is 51.2 Å². The van der Waals surface area contributed by atoms with Crippen LogP contribution in [0.5, 0.6) is 0 Å². The molecule has 3 N–H and O–H groups in total. The number of anilines is 2. The zero-order valence-electron chi connectivity index (χ0n) is 11.5. The second kappa shape index (κ2) is 5.29. The number of hydrogen-bond acceptors (Lipinski definition) is 3. The van der Waals surface area contributed by atoms with Gasteiger partial charge >= 0.3 is 0 Å². The van der Waals surface area contributed by atoms with E-state index in [4.69, 9.17) is 10.2 Å². The van der Waals surface area contributed by atoms with E-state index in [9.17, 15) is 0 Å². The molecule has 1 heterocycles. The third kappa shape index (κ3) is 3.32. The van der Waals surface area contributed by atoms with Gasteiger partial charge in [0.25, 0.3) is 0 Å². The zero-order chi connectivity index (χ0) is 14.0. The van der Waals surface area contributed by atoms with Crippen molar-refractivity contribution in [1.82, 2.24) is 0 Å². The molecule has 0 aliphatic carbocycles. The summed E-state index contributed by atoms with van der Waals surface area (Å²) in [6.07, 6.45) is 0. The Hall–Kier alpha value is -1.42. The summed E-state index contributed by atoms with van der Waals surface area (Å²) >= 11 is 3.40. The van der Waals surface area contributed by atoms with Crippen LogP contribution in [0.15, 0.2) is 39.2 Å². The van der Waals surface area contributed by atoms with E-state index in [-0.39, 0.29) is 5.41 Å². The molecule has 0 saturated heterocycles. The maximum atomic E-state index is 5.98. The summed E-state index contributed by atoms with van der Waals surface area (Å²) in [5, 5.41) is 3.38. The van der Waals surface area contributed by atoms with Crippen LogP contribution in [-0.4, -0.2) is 6.54 Å². The van der Waals surface area contributed by atoms with E-state index in [2.05, 4.69) is 35.1 Å². The van der Waals surface area contributed by atoms with Gasteiger partial charge in [-0.1, -0.05) is 29.8 Å². The Morgan fingerprint density at radius 3 is 2.58 bits per heavy atom. The number of furan rings is 1. The van der Waals surface area contributed by atoms with Crippen LogP contribution < -0.4 is 11.1 Å². The van der Waals surface area contributed by atoms with Crippen LogP contribution in [0.1, 0.15) is 25.4 Å². The fraction of sp³-hybridized carbons (Fsp3) is 0.333. The number of benzene rings is 1. The van der Waals surface area contributed by atoms with Gasteiger partial charge in [-0.25, -0.2) is 0 Å². The van der Waals surface area contributed by atoms with Gasteiger partial charge in [-0.15, -0.1) is 0 Å². The van der Waals surface area contributed by atoms with Crippen molar-refractivity contribution in [3.8, 4) is 0 Å². The lowest BCUT2D eigenvalue weighted by molar-refractivity contribution is 0.386. The van der Waals surface area contributed by atoms with Gasteiger partial charge in [0.05, 0.1) is 11.4 Å². The third-order valence-corrected chi connectivity index (χ3v) is 3.64. The first-order valence-electron chi connectivity index (χ1n) is 6.24. The van der Waals surface area contributed by atoms with Crippen LogP contribution in [0.4, 0.5) is 11.4 Å². The predicted octanol–water partition coefficient (Wildman–Crippen LogP) is 4.32. The molecule has 2 aromatic rings. The standard InChI is InChI=1S/C15H19BrN2O/c1-10-4-7-14(19-10)15(2,3)9-18-13-6-5-11(16)8-12(13)17/h4-8,18H,9,17H2,1-3H3. The quantitative estimate of drug-likeness (QED) is 0.824. The van der Waals surface area contributed by atoms with Gasteiger partial charge in [-0.3, -0.25) is 0 Å². The fourth-order valence-corrected chi connectivity index (χ4v) is 2.27. The molecule has 4 heteroatoms. The second-order valence-electron chi connectivity index (χ2n) is 5.38. The molecule has 0 radical (unpaired) electrons. The average Bonchev–Trinajstić information content (AvgIpc) is 2.75. The Bertz CT molecular complexity index is 575. The molecule has 0 aliphatic rings. The molecule has 3 nitrogen and oxygen atoms in total. The van der Waals surface area contributed by atoms with E-state index in [0.717, 1.165) is 33.9 Å². The molecule has 0 unspecified atom stereocenters. The monoisotopic (exact) mass is 322 g/mol. The number of nitrogens with two attached hydrogens (primary N) is 1. The number of halogens is 1. The Balaban J connectivity index is 2.09. The van der Waals surface area contributed by atoms with Gasteiger partial charge in [-0.2, -0.15) is 0 Å². The summed E-state index contributed by atoms with van der Waals surface area (Å²) in [6.45, 7) is 7.01. The lowest BCUT2D eigenvalue weighted by Gasteiger charge is -2.23. The van der Waals surface area contributed by atoms with E-state index < -0.39 is 0 Å². The number of hydrogen-bond donors (Lipinski definition) is 2. The summed E-state index contributed by atoms with van der Waals surface area (Å²) in [5.41, 5.74) is 7.57. The Labute approximate surface area is 122 Å². The Morgan fingerprint density at radius 2 is 2.00 bits per heavy atom. The van der Waals surface area contributed by atoms with E-state index >= 15 is 0 Å². The van der Waals surface area contributed by atoms with Gasteiger partial charge < -0.3 is 15.5 Å². The molecule has 2 rings (SSSR count). The summed E-state index contributed by atoms with van der Waals surface area (Å²) in [7, 11) is 0. The normalized spacial score (nSPS) is 11.6. The molecule has 1 aromatic heterocycles. The van der Waals surface area contributed by atoms with Crippen molar-refractivity contribution < 1.29 is 4.42 Å². The highest BCUT2D eigenvalue weighted by Crippen LogP contribution is 2.28. The number of aryl methyl sites for hydroxylation is 1. The van der Waals surface area contributed by atoms with Gasteiger partial charge in [0.15, 0.2) is 0 Å². The summed E-state index contributed by atoms with van der Waals surface area (Å²) < 4.78 is 6.69. The molecular formula is C15H19BrN2O. The van der Waals surface area contributed by atoms with Gasteiger partial charge in [0.2, 0.25) is 0 Å². The lowest BCUT2D eigenvalue weighted by atomic mass is 9.90. The van der Waals surface area contributed by atoms with Crippen LogP contribution in [0.25, 0.3) is 0 Å². The first-order valence-corrected chi connectivity index (χ1v) is 7.03. The molecule has 0 aliphatic heterocycles. The molecule has 19 heavy (non-hydrogen) atoms. The smallest absolute Gasteiger partial charge is 0.111 e. The van der Waals surface area contributed by atoms with Crippen molar-refractivity contribution in [2.75, 3.05) is 17.6 Å². The first-order chi connectivity index (χ1) is 8.88. The highest BCUT2D eigenvalue weighted by Gasteiger charge is 2.24. The highest BCUT2D eigenvalue weighted by atomic mass is 79.9. The molecule has 0 fully saturated rings. The second-order valence-corrected chi connectivity index (χ2v) is 6.29. The molecule has 0 atom stereocenters. The summed E-state index contributed by atoms with van der Waals surface area (Å²) in [4.78, 5) is 0. The molecule has 0 bridgehead atoms. The SMILES string of the molecule is Cc1ccc(C(C)(C)CNc2ccc(Br)cc2N)o1. The number of nitrogen functional groups attached to an aromatic ring is 1. The number of nitrogens with one attached hydrogen (secondary N) is 1. The van der Waals surface area contributed by atoms with Crippen LogP contribution in [0, 0.1) is 6.92 Å². The Morgan fingerprint density at radius 1 is 1.26 bits per heavy atom. The van der Waals surface area contributed by atoms with E-state index in [1.807, 2.05) is 37.3 Å². The predicted molar refractivity (Wildman–Crippen MR) is 83.5 cm³/mol. The van der Waals surface area contributed by atoms with Gasteiger partial charge in [0, 0.05) is 16.4 Å². The van der Waals surface area contributed by atoms with E-state index in [0.29, 0.717) is 0 Å². The average molecular weight is 323 g/mol. The van der Waals surface area contributed by atoms with Gasteiger partial charge in [-0.05, 0) is 37.3 Å². The minimum Gasteiger partial charge on any atom is -0.466 e. The molecule has 1 aromatic carbocycles. The van der Waals surface area contributed by atoms with E-state index in [1.165, 1.54) is 0 Å². The summed E-state index contributed by atoms with van der Waals surface area (Å²) in [6, 6.07) is 9.87. The lowest BCUT2D eigenvalue weighted by Crippen LogP contribution is -2.27. The van der Waals surface area contributed by atoms with Crippen LogP contribution in [-0.2, 0) is 5.41 Å². The van der Waals surface area contributed by atoms with Crippen molar-refractivity contribution in [3.05, 3.63) is 46.3 Å². The maximum Gasteiger partial charge on any atom is 0.111 e.